The zero-order valence-electron chi connectivity index (χ0n) is 20.7. The van der Waals surface area contributed by atoms with E-state index >= 15 is 0 Å². The second-order valence-electron chi connectivity index (χ2n) is 11.4. The molecule has 1 heterocycles. The largest absolute Gasteiger partial charge is 0.490 e. The van der Waals surface area contributed by atoms with E-state index in [2.05, 4.69) is 38.9 Å². The molecule has 1 saturated heterocycles. The Balaban J connectivity index is 1.61. The minimum atomic E-state index is -0.913. The SMILES string of the molecule is C/C(=N\N(C)C(C)C1(O)CC2C=C(B3OC(C)(C)C(C)(C)O3)CC2C1)OCC(C)(C)O. The van der Waals surface area contributed by atoms with Crippen molar-refractivity contribution in [2.75, 3.05) is 13.7 Å². The summed E-state index contributed by atoms with van der Waals surface area (Å²) in [6, 6.07) is -0.160. The van der Waals surface area contributed by atoms with Gasteiger partial charge in [0.05, 0.1) is 28.4 Å². The molecule has 1 aliphatic heterocycles. The van der Waals surface area contributed by atoms with E-state index in [1.807, 2.05) is 14.0 Å². The number of likely N-dealkylation sites (N-methyl/N-ethyl adjacent to an activating group) is 1. The molecule has 4 unspecified atom stereocenters. The van der Waals surface area contributed by atoms with Gasteiger partial charge in [-0.25, -0.2) is 0 Å². The van der Waals surface area contributed by atoms with Crippen LogP contribution in [0.1, 0.15) is 74.7 Å². The van der Waals surface area contributed by atoms with E-state index in [-0.39, 0.29) is 31.0 Å². The Kier molecular flexibility index (Phi) is 6.37. The summed E-state index contributed by atoms with van der Waals surface area (Å²) in [6.07, 6.45) is 4.60. The van der Waals surface area contributed by atoms with Gasteiger partial charge >= 0.3 is 7.12 Å². The first-order valence-electron chi connectivity index (χ1n) is 11.4. The van der Waals surface area contributed by atoms with Gasteiger partial charge in [-0.15, -0.1) is 5.10 Å². The number of hydrogen-bond donors (Lipinski definition) is 2. The lowest BCUT2D eigenvalue weighted by Crippen LogP contribution is -2.47. The van der Waals surface area contributed by atoms with Crippen molar-refractivity contribution in [3.05, 3.63) is 11.5 Å². The summed E-state index contributed by atoms with van der Waals surface area (Å²) in [4.78, 5) is 0. The van der Waals surface area contributed by atoms with Crippen LogP contribution in [0.5, 0.6) is 0 Å². The highest BCUT2D eigenvalue weighted by atomic mass is 16.7. The summed E-state index contributed by atoms with van der Waals surface area (Å²) < 4.78 is 18.0. The second-order valence-corrected chi connectivity index (χ2v) is 11.4. The topological polar surface area (TPSA) is 83.8 Å². The fourth-order valence-electron chi connectivity index (χ4n) is 4.80. The van der Waals surface area contributed by atoms with E-state index < -0.39 is 11.2 Å². The summed E-state index contributed by atoms with van der Waals surface area (Å²) in [5, 5.41) is 27.5. The van der Waals surface area contributed by atoms with Crippen molar-refractivity contribution >= 4 is 13.0 Å². The Labute approximate surface area is 188 Å². The Bertz CT molecular complexity index is 729. The molecule has 2 aliphatic carbocycles. The average molecular weight is 436 g/mol. The number of rotatable bonds is 6. The molecule has 0 bridgehead atoms. The van der Waals surface area contributed by atoms with Crippen LogP contribution < -0.4 is 0 Å². The molecule has 31 heavy (non-hydrogen) atoms. The van der Waals surface area contributed by atoms with Gasteiger partial charge in [0, 0.05) is 14.0 Å². The van der Waals surface area contributed by atoms with Crippen LogP contribution in [0.2, 0.25) is 0 Å². The number of ether oxygens (including phenoxy) is 1. The number of aliphatic hydroxyl groups is 2. The third-order valence-corrected chi connectivity index (χ3v) is 7.56. The molecule has 0 aromatic heterocycles. The van der Waals surface area contributed by atoms with Crippen molar-refractivity contribution in [1.29, 1.82) is 0 Å². The van der Waals surface area contributed by atoms with Crippen LogP contribution in [0.15, 0.2) is 16.6 Å². The lowest BCUT2D eigenvalue weighted by Gasteiger charge is -2.36. The fraction of sp³-hybridized carbons (Fsp3) is 0.870. The maximum Gasteiger partial charge on any atom is 0.490 e. The number of hydrazone groups is 1. The molecule has 0 spiro atoms. The fourth-order valence-corrected chi connectivity index (χ4v) is 4.80. The van der Waals surface area contributed by atoms with Gasteiger partial charge in [0.2, 0.25) is 5.90 Å². The number of fused-ring (bicyclic) bond motifs is 1. The Morgan fingerprint density at radius 3 is 2.39 bits per heavy atom. The van der Waals surface area contributed by atoms with E-state index in [1.165, 1.54) is 5.47 Å². The van der Waals surface area contributed by atoms with Crippen LogP contribution in [0.25, 0.3) is 0 Å². The smallest absolute Gasteiger partial charge is 0.477 e. The highest BCUT2D eigenvalue weighted by molar-refractivity contribution is 6.54. The van der Waals surface area contributed by atoms with Crippen LogP contribution in [-0.4, -0.2) is 70.3 Å². The summed E-state index contributed by atoms with van der Waals surface area (Å²) in [6.45, 7) is 15.6. The van der Waals surface area contributed by atoms with Crippen molar-refractivity contribution in [2.24, 2.45) is 16.9 Å². The van der Waals surface area contributed by atoms with Crippen molar-refractivity contribution in [1.82, 2.24) is 5.01 Å². The highest BCUT2D eigenvalue weighted by Crippen LogP contribution is 2.51. The maximum atomic E-state index is 11.4. The minimum Gasteiger partial charge on any atom is -0.477 e. The van der Waals surface area contributed by atoms with Crippen LogP contribution >= 0.6 is 0 Å². The monoisotopic (exact) mass is 436 g/mol. The average Bonchev–Trinajstić information content (AvgIpc) is 3.19. The molecule has 1 saturated carbocycles. The third-order valence-electron chi connectivity index (χ3n) is 7.56. The lowest BCUT2D eigenvalue weighted by molar-refractivity contribution is -0.0330. The molecule has 7 nitrogen and oxygen atoms in total. The Morgan fingerprint density at radius 1 is 1.29 bits per heavy atom. The predicted octanol–water partition coefficient (Wildman–Crippen LogP) is 3.15. The summed E-state index contributed by atoms with van der Waals surface area (Å²) in [5.74, 6) is 1.19. The number of nitrogens with zero attached hydrogens (tertiary/aromatic N) is 2. The third kappa shape index (κ3) is 5.13. The van der Waals surface area contributed by atoms with E-state index in [9.17, 15) is 10.2 Å². The number of allylic oxidation sites excluding steroid dienone is 2. The van der Waals surface area contributed by atoms with Crippen LogP contribution in [0.3, 0.4) is 0 Å². The zero-order chi connectivity index (χ0) is 23.4. The van der Waals surface area contributed by atoms with Crippen LogP contribution in [0.4, 0.5) is 0 Å². The van der Waals surface area contributed by atoms with Gasteiger partial charge in [-0.2, -0.15) is 0 Å². The van der Waals surface area contributed by atoms with Gasteiger partial charge in [0.1, 0.15) is 6.61 Å². The normalized spacial score (nSPS) is 33.3. The first-order chi connectivity index (χ1) is 14.0. The second kappa shape index (κ2) is 8.05. The van der Waals surface area contributed by atoms with Gasteiger partial charge in [-0.3, -0.25) is 5.01 Å². The molecule has 2 N–H and O–H groups in total. The van der Waals surface area contributed by atoms with Gasteiger partial charge in [-0.1, -0.05) is 6.08 Å². The molecule has 0 aromatic carbocycles. The van der Waals surface area contributed by atoms with Crippen molar-refractivity contribution in [3.8, 4) is 0 Å². The molecule has 176 valence electrons. The van der Waals surface area contributed by atoms with E-state index in [4.69, 9.17) is 14.0 Å². The van der Waals surface area contributed by atoms with Crippen LogP contribution in [0, 0.1) is 11.8 Å². The standard InChI is InChI=1S/C23H41BN2O5/c1-15(26(9)25-16(2)29-14-20(3,4)27)23(28)12-17-10-19(11-18(17)13-23)24-30-21(5,6)22(7,8)31-24/h10,15,17-18,27-28H,11-14H2,1-9H3/b25-16+. The van der Waals surface area contributed by atoms with E-state index in [1.54, 1.807) is 25.8 Å². The number of hydrogen-bond acceptors (Lipinski definition) is 7. The predicted molar refractivity (Wildman–Crippen MR) is 123 cm³/mol. The first-order valence-corrected chi connectivity index (χ1v) is 11.4. The molecule has 0 radical (unpaired) electrons. The highest BCUT2D eigenvalue weighted by Gasteiger charge is 2.56. The summed E-state index contributed by atoms with van der Waals surface area (Å²) in [5.41, 5.74) is -1.19. The zero-order valence-corrected chi connectivity index (χ0v) is 20.7. The molecule has 2 fully saturated rings. The van der Waals surface area contributed by atoms with E-state index in [0.29, 0.717) is 24.2 Å². The molecule has 3 rings (SSSR count). The van der Waals surface area contributed by atoms with Gasteiger partial charge in [0.25, 0.3) is 0 Å². The molecular weight excluding hydrogens is 395 g/mol. The Hall–Kier alpha value is -1.09. The van der Waals surface area contributed by atoms with E-state index in [0.717, 1.165) is 12.8 Å². The molecule has 3 aliphatic rings. The van der Waals surface area contributed by atoms with Gasteiger partial charge < -0.3 is 24.3 Å². The molecule has 0 amide bonds. The Morgan fingerprint density at radius 2 is 1.87 bits per heavy atom. The molecule has 8 heteroatoms. The van der Waals surface area contributed by atoms with Crippen molar-refractivity contribution in [3.63, 3.8) is 0 Å². The maximum absolute atomic E-state index is 11.4. The van der Waals surface area contributed by atoms with Crippen molar-refractivity contribution in [2.45, 2.75) is 103 Å². The first kappa shape index (κ1) is 24.6. The lowest BCUT2D eigenvalue weighted by atomic mass is 9.75. The molecule has 4 atom stereocenters. The van der Waals surface area contributed by atoms with Crippen LogP contribution in [-0.2, 0) is 14.0 Å². The minimum absolute atomic E-state index is 0.160. The quantitative estimate of drug-likeness (QED) is 0.288. The van der Waals surface area contributed by atoms with Gasteiger partial charge in [0.15, 0.2) is 0 Å². The molecular formula is C23H41BN2O5. The van der Waals surface area contributed by atoms with Gasteiger partial charge in [-0.05, 0) is 85.0 Å². The molecule has 0 aromatic rings. The summed E-state index contributed by atoms with van der Waals surface area (Å²) in [7, 11) is 1.57. The van der Waals surface area contributed by atoms with Crippen molar-refractivity contribution < 1.29 is 24.3 Å². The summed E-state index contributed by atoms with van der Waals surface area (Å²) >= 11 is 0.